The van der Waals surface area contributed by atoms with Crippen molar-refractivity contribution < 1.29 is 0 Å². The van der Waals surface area contributed by atoms with E-state index in [0.29, 0.717) is 5.41 Å². The largest absolute Gasteiger partial charge is 0.356 e. The Morgan fingerprint density at radius 3 is 2.29 bits per heavy atom. The van der Waals surface area contributed by atoms with Crippen molar-refractivity contribution in [3.8, 4) is 0 Å². The van der Waals surface area contributed by atoms with Gasteiger partial charge < -0.3 is 10.2 Å². The van der Waals surface area contributed by atoms with Gasteiger partial charge in [-0.3, -0.25) is 4.99 Å². The summed E-state index contributed by atoms with van der Waals surface area (Å²) >= 11 is 0. The molecule has 1 aliphatic heterocycles. The van der Waals surface area contributed by atoms with Crippen LogP contribution >= 0.6 is 24.0 Å². The minimum Gasteiger partial charge on any atom is -0.356 e. The van der Waals surface area contributed by atoms with Gasteiger partial charge in [0.2, 0.25) is 0 Å². The molecule has 0 aromatic rings. The number of likely N-dealkylation sites (tertiary alicyclic amines) is 1. The van der Waals surface area contributed by atoms with Crippen molar-refractivity contribution in [2.24, 2.45) is 10.4 Å². The molecule has 1 saturated heterocycles. The second-order valence-corrected chi connectivity index (χ2v) is 5.83. The lowest BCUT2D eigenvalue weighted by atomic mass is 9.91. The van der Waals surface area contributed by atoms with Crippen LogP contribution in [0.25, 0.3) is 0 Å². The summed E-state index contributed by atoms with van der Waals surface area (Å²) in [7, 11) is 1.88. The van der Waals surface area contributed by atoms with Gasteiger partial charge in [0, 0.05) is 26.7 Å². The summed E-state index contributed by atoms with van der Waals surface area (Å²) in [6.45, 7) is 10.3. The molecule has 0 radical (unpaired) electrons. The third-order valence-corrected chi connectivity index (χ3v) is 3.00. The van der Waals surface area contributed by atoms with Crippen LogP contribution in [0.15, 0.2) is 4.99 Å². The third-order valence-electron chi connectivity index (χ3n) is 3.00. The summed E-state index contributed by atoms with van der Waals surface area (Å²) in [6, 6.07) is 0. The molecule has 0 aromatic carbocycles. The molecule has 0 aromatic heterocycles. The lowest BCUT2D eigenvalue weighted by Crippen LogP contribution is -2.40. The van der Waals surface area contributed by atoms with Crippen molar-refractivity contribution in [1.29, 1.82) is 0 Å². The Morgan fingerprint density at radius 1 is 1.24 bits per heavy atom. The molecule has 1 aliphatic rings. The van der Waals surface area contributed by atoms with Gasteiger partial charge in [-0.05, 0) is 31.1 Å². The molecule has 1 heterocycles. The number of aliphatic imine (C=N–C) groups is 1. The summed E-state index contributed by atoms with van der Waals surface area (Å²) in [5, 5.41) is 3.46. The van der Waals surface area contributed by atoms with Crippen LogP contribution in [0, 0.1) is 5.41 Å². The molecule has 1 N–H and O–H groups in total. The van der Waals surface area contributed by atoms with Crippen molar-refractivity contribution in [1.82, 2.24) is 10.2 Å². The molecule has 1 fully saturated rings. The molecule has 0 aliphatic carbocycles. The lowest BCUT2D eigenvalue weighted by Gasteiger charge is -2.22. The van der Waals surface area contributed by atoms with Gasteiger partial charge in [0.1, 0.15) is 0 Å². The van der Waals surface area contributed by atoms with Gasteiger partial charge in [-0.15, -0.1) is 24.0 Å². The second kappa shape index (κ2) is 8.16. The topological polar surface area (TPSA) is 27.6 Å². The molecule has 102 valence electrons. The molecular formula is C13H28IN3. The first-order valence-corrected chi connectivity index (χ1v) is 6.48. The number of guanidine groups is 1. The molecule has 3 nitrogen and oxygen atoms in total. The van der Waals surface area contributed by atoms with Gasteiger partial charge in [0.25, 0.3) is 0 Å². The number of rotatable bonds is 3. The second-order valence-electron chi connectivity index (χ2n) is 5.83. The number of hydrogen-bond acceptors (Lipinski definition) is 1. The maximum Gasteiger partial charge on any atom is 0.193 e. The van der Waals surface area contributed by atoms with E-state index in [-0.39, 0.29) is 24.0 Å². The first-order chi connectivity index (χ1) is 7.53. The Hall–Kier alpha value is 0. The third kappa shape index (κ3) is 7.11. The number of hydrogen-bond donors (Lipinski definition) is 1. The molecule has 1 rings (SSSR count). The molecule has 0 unspecified atom stereocenters. The van der Waals surface area contributed by atoms with E-state index < -0.39 is 0 Å². The maximum atomic E-state index is 4.34. The monoisotopic (exact) mass is 353 g/mol. The quantitative estimate of drug-likeness (QED) is 0.365. The van der Waals surface area contributed by atoms with Gasteiger partial charge in [0.15, 0.2) is 5.96 Å². The molecular weight excluding hydrogens is 325 g/mol. The summed E-state index contributed by atoms with van der Waals surface area (Å²) in [4.78, 5) is 6.69. The molecule has 0 amide bonds. The zero-order valence-corrected chi connectivity index (χ0v) is 14.1. The Labute approximate surface area is 123 Å². The Balaban J connectivity index is 0.00000256. The number of nitrogens with zero attached hydrogens (tertiary/aromatic N) is 2. The Bertz CT molecular complexity index is 227. The van der Waals surface area contributed by atoms with Crippen LogP contribution < -0.4 is 5.32 Å². The van der Waals surface area contributed by atoms with E-state index in [0.717, 1.165) is 12.5 Å². The normalized spacial score (nSPS) is 16.9. The van der Waals surface area contributed by atoms with Crippen molar-refractivity contribution >= 4 is 29.9 Å². The van der Waals surface area contributed by atoms with Crippen molar-refractivity contribution in [2.45, 2.75) is 46.5 Å². The average molecular weight is 353 g/mol. The van der Waals surface area contributed by atoms with Crippen LogP contribution in [-0.2, 0) is 0 Å². The Morgan fingerprint density at radius 2 is 1.82 bits per heavy atom. The SMILES string of the molecule is CN=C(NCCCC(C)(C)C)N1CCCC1.I. The summed E-state index contributed by atoms with van der Waals surface area (Å²) in [5.74, 6) is 1.09. The van der Waals surface area contributed by atoms with E-state index in [4.69, 9.17) is 0 Å². The zero-order valence-electron chi connectivity index (χ0n) is 11.8. The maximum absolute atomic E-state index is 4.34. The highest BCUT2D eigenvalue weighted by molar-refractivity contribution is 14.0. The van der Waals surface area contributed by atoms with Gasteiger partial charge in [-0.25, -0.2) is 0 Å². The van der Waals surface area contributed by atoms with E-state index in [1.54, 1.807) is 0 Å². The van der Waals surface area contributed by atoms with Crippen LogP contribution in [0.5, 0.6) is 0 Å². The molecule has 4 heteroatoms. The minimum absolute atomic E-state index is 0. The first kappa shape index (κ1) is 17.0. The van der Waals surface area contributed by atoms with Crippen LogP contribution in [0.2, 0.25) is 0 Å². The summed E-state index contributed by atoms with van der Waals surface area (Å²) in [5.41, 5.74) is 0.443. The average Bonchev–Trinajstić information content (AvgIpc) is 2.69. The molecule has 0 saturated carbocycles. The van der Waals surface area contributed by atoms with E-state index in [9.17, 15) is 0 Å². The molecule has 0 spiro atoms. The van der Waals surface area contributed by atoms with E-state index >= 15 is 0 Å². The van der Waals surface area contributed by atoms with Gasteiger partial charge in [0.05, 0.1) is 0 Å². The summed E-state index contributed by atoms with van der Waals surface area (Å²) < 4.78 is 0. The fraction of sp³-hybridized carbons (Fsp3) is 0.923. The predicted octanol–water partition coefficient (Wildman–Crippen LogP) is 3.10. The minimum atomic E-state index is 0. The first-order valence-electron chi connectivity index (χ1n) is 6.48. The van der Waals surface area contributed by atoms with Gasteiger partial charge >= 0.3 is 0 Å². The van der Waals surface area contributed by atoms with E-state index in [1.807, 2.05) is 7.05 Å². The highest BCUT2D eigenvalue weighted by Crippen LogP contribution is 2.19. The zero-order chi connectivity index (χ0) is 12.0. The highest BCUT2D eigenvalue weighted by atomic mass is 127. The van der Waals surface area contributed by atoms with Crippen molar-refractivity contribution in [3.05, 3.63) is 0 Å². The van der Waals surface area contributed by atoms with Crippen LogP contribution in [0.1, 0.15) is 46.5 Å². The molecule has 0 atom stereocenters. The van der Waals surface area contributed by atoms with E-state index in [1.165, 1.54) is 38.8 Å². The number of nitrogens with one attached hydrogen (secondary N) is 1. The highest BCUT2D eigenvalue weighted by Gasteiger charge is 2.15. The van der Waals surface area contributed by atoms with E-state index in [2.05, 4.69) is 36.0 Å². The number of halogens is 1. The predicted molar refractivity (Wildman–Crippen MR) is 86.3 cm³/mol. The van der Waals surface area contributed by atoms with Crippen molar-refractivity contribution in [2.75, 3.05) is 26.7 Å². The lowest BCUT2D eigenvalue weighted by molar-refractivity contribution is 0.363. The van der Waals surface area contributed by atoms with Gasteiger partial charge in [-0.2, -0.15) is 0 Å². The Kier molecular flexibility index (Phi) is 8.16. The summed E-state index contributed by atoms with van der Waals surface area (Å²) in [6.07, 6.45) is 5.10. The van der Waals surface area contributed by atoms with Crippen LogP contribution in [0.3, 0.4) is 0 Å². The molecule has 0 bridgehead atoms. The smallest absolute Gasteiger partial charge is 0.193 e. The van der Waals surface area contributed by atoms with Crippen LogP contribution in [0.4, 0.5) is 0 Å². The standard InChI is InChI=1S/C13H27N3.HI/c1-13(2,3)8-7-9-15-12(14-4)16-10-5-6-11-16;/h5-11H2,1-4H3,(H,14,15);1H. The van der Waals surface area contributed by atoms with Crippen molar-refractivity contribution in [3.63, 3.8) is 0 Å². The fourth-order valence-electron chi connectivity index (χ4n) is 2.08. The molecule has 17 heavy (non-hydrogen) atoms. The van der Waals surface area contributed by atoms with Gasteiger partial charge in [-0.1, -0.05) is 20.8 Å². The van der Waals surface area contributed by atoms with Crippen LogP contribution in [-0.4, -0.2) is 37.5 Å². The fourth-order valence-corrected chi connectivity index (χ4v) is 2.08.